The minimum Gasteiger partial charge on any atom is -0.494 e. The molecule has 0 bridgehead atoms. The Morgan fingerprint density at radius 3 is 1.47 bits per heavy atom. The number of rotatable bonds is 18. The van der Waals surface area contributed by atoms with Crippen molar-refractivity contribution in [2.75, 3.05) is 44.7 Å². The maximum Gasteiger partial charge on any atom is 0.243 e. The normalized spacial score (nSPS) is 12.1. The summed E-state index contributed by atoms with van der Waals surface area (Å²) in [7, 11) is -2.20. The number of aliphatic hydroxyl groups is 2. The van der Waals surface area contributed by atoms with Crippen molar-refractivity contribution in [3.05, 3.63) is 137 Å². The maximum atomic E-state index is 13.1. The van der Waals surface area contributed by atoms with Crippen LogP contribution in [-0.2, 0) is 25.6 Å². The van der Waals surface area contributed by atoms with E-state index in [2.05, 4.69) is 35.1 Å². The van der Waals surface area contributed by atoms with E-state index < -0.39 is 49.3 Å². The van der Waals surface area contributed by atoms with Gasteiger partial charge in [-0.1, -0.05) is 12.1 Å². The molecule has 6 aromatic heterocycles. The summed E-state index contributed by atoms with van der Waals surface area (Å²) < 4.78 is 91.1. The number of benzene rings is 2. The van der Waals surface area contributed by atoms with Crippen molar-refractivity contribution >= 4 is 25.8 Å². The number of aryl methyl sites for hydroxylation is 2. The molecule has 23 nitrogen and oxygen atoms in total. The molecule has 6 heterocycles. The fraction of sp³-hybridized carbons (Fsp3) is 0.234. The Bertz CT molecular complexity index is 3230. The summed E-state index contributed by atoms with van der Waals surface area (Å²) in [6.45, 7) is 3.54. The predicted octanol–water partition coefficient (Wildman–Crippen LogP) is 5.36. The van der Waals surface area contributed by atoms with Gasteiger partial charge in [0.05, 0.1) is 56.7 Å². The van der Waals surface area contributed by atoms with Gasteiger partial charge < -0.3 is 38.0 Å². The van der Waals surface area contributed by atoms with Gasteiger partial charge in [-0.2, -0.15) is 10.5 Å². The number of furan rings is 2. The molecule has 0 spiro atoms. The smallest absolute Gasteiger partial charge is 0.243 e. The molecule has 25 heteroatoms. The van der Waals surface area contributed by atoms with Crippen molar-refractivity contribution in [2.24, 2.45) is 0 Å². The van der Waals surface area contributed by atoms with Crippen LogP contribution in [0.15, 0.2) is 106 Å². The van der Waals surface area contributed by atoms with Crippen molar-refractivity contribution < 1.29 is 54.8 Å². The number of anilines is 1. The Morgan fingerprint density at radius 1 is 0.611 bits per heavy atom. The zero-order valence-electron chi connectivity index (χ0n) is 39.3. The molecule has 0 saturated heterocycles. The van der Waals surface area contributed by atoms with E-state index in [9.17, 15) is 27.0 Å². The van der Waals surface area contributed by atoms with Crippen molar-refractivity contribution in [3.8, 4) is 69.7 Å². The van der Waals surface area contributed by atoms with Gasteiger partial charge in [-0.3, -0.25) is 23.8 Å². The van der Waals surface area contributed by atoms with E-state index in [4.69, 9.17) is 38.3 Å². The summed E-state index contributed by atoms with van der Waals surface area (Å²) >= 11 is 0. The highest BCUT2D eigenvalue weighted by atomic mass is 32.2. The molecule has 2 aromatic carbocycles. The third-order valence-electron chi connectivity index (χ3n) is 10.5. The highest BCUT2D eigenvalue weighted by Crippen LogP contribution is 2.39. The Labute approximate surface area is 412 Å². The third kappa shape index (κ3) is 11.5. The molecule has 2 atom stereocenters. The Hall–Kier alpha value is -8.62. The van der Waals surface area contributed by atoms with E-state index in [1.807, 2.05) is 12.1 Å². The minimum atomic E-state index is -4.17. The molecule has 0 aliphatic rings. The lowest BCUT2D eigenvalue weighted by molar-refractivity contribution is 0.196. The van der Waals surface area contributed by atoms with Crippen LogP contribution in [0.2, 0.25) is 0 Å². The topological polar surface area (TPSA) is 319 Å². The summed E-state index contributed by atoms with van der Waals surface area (Å²) in [6, 6.07) is 26.6. The molecule has 0 saturated carbocycles. The van der Waals surface area contributed by atoms with Crippen LogP contribution in [0.1, 0.15) is 52.1 Å². The van der Waals surface area contributed by atoms with E-state index in [-0.39, 0.29) is 40.4 Å². The predicted molar refractivity (Wildman–Crippen MR) is 257 cm³/mol. The lowest BCUT2D eigenvalue weighted by Crippen LogP contribution is -2.24. The van der Waals surface area contributed by atoms with Gasteiger partial charge in [-0.15, -0.1) is 20.4 Å². The first-order valence-corrected chi connectivity index (χ1v) is 24.7. The fourth-order valence-electron chi connectivity index (χ4n) is 7.13. The number of nitrogens with one attached hydrogen (secondary N) is 1. The average molecular weight is 1020 g/mol. The van der Waals surface area contributed by atoms with Gasteiger partial charge in [0.15, 0.2) is 27.2 Å². The van der Waals surface area contributed by atoms with Gasteiger partial charge in [-0.25, -0.2) is 16.8 Å². The fourth-order valence-corrected chi connectivity index (χ4v) is 9.56. The molecule has 0 amide bonds. The average Bonchev–Trinajstić information content (AvgIpc) is 4.20. The van der Waals surface area contributed by atoms with Crippen LogP contribution in [-0.4, -0.2) is 106 Å². The summed E-state index contributed by atoms with van der Waals surface area (Å²) in [5, 5.41) is 55.3. The summed E-state index contributed by atoms with van der Waals surface area (Å²) in [5.41, 5.74) is 1.55. The Balaban J connectivity index is 0.000000211. The van der Waals surface area contributed by atoms with Gasteiger partial charge in [0.1, 0.15) is 81.7 Å². The molecule has 0 unspecified atom stereocenters. The first kappa shape index (κ1) is 51.2. The number of hydrogen-bond donors (Lipinski definition) is 3. The quantitative estimate of drug-likeness (QED) is 0.0973. The highest BCUT2D eigenvalue weighted by molar-refractivity contribution is 7.92. The largest absolute Gasteiger partial charge is 0.494 e. The first-order chi connectivity index (χ1) is 34.5. The van der Waals surface area contributed by atoms with Crippen LogP contribution >= 0.6 is 0 Å². The van der Waals surface area contributed by atoms with Crippen LogP contribution in [0.5, 0.6) is 23.0 Å². The number of sulfonamides is 1. The maximum absolute atomic E-state index is 13.1. The number of aliphatic hydroxyl groups excluding tert-OH is 2. The first-order valence-electron chi connectivity index (χ1n) is 21.3. The van der Waals surface area contributed by atoms with Crippen molar-refractivity contribution in [1.82, 2.24) is 39.5 Å². The van der Waals surface area contributed by atoms with Gasteiger partial charge >= 0.3 is 0 Å². The number of nitrogens with zero attached hydrogens (tertiary/aromatic N) is 10. The van der Waals surface area contributed by atoms with Gasteiger partial charge in [-0.05, 0) is 86.6 Å². The van der Waals surface area contributed by atoms with Crippen molar-refractivity contribution in [3.63, 3.8) is 0 Å². The standard InChI is InChI=1S/C24H23N5O6S.C23H22N6O6S/c1-15-7-10-21(35-15)24-28-27-22(29(24)23-19(33-2)5-4-6-20(23)34-3)14-36(31,32)13-18(30)17-9-8-16(11-25)12-26-17;1-14-7-10-20(35-14)22-26-27-23(29(22)21-18(33-2)5-4-6-19(21)34-3)28-36(31,32)13-17(30)16-9-8-15(11-24)12-25-16/h4-10,12,18,30H,13-14H2,1-3H3;4-10,12,17,30H,13H2,1-3H3,(H,27,28)/t18-;17-/m01/s1. The third-order valence-corrected chi connectivity index (χ3v) is 13.2. The van der Waals surface area contributed by atoms with Crippen molar-refractivity contribution in [2.45, 2.75) is 31.8 Å². The molecule has 72 heavy (non-hydrogen) atoms. The molecule has 0 aliphatic heterocycles. The highest BCUT2D eigenvalue weighted by Gasteiger charge is 2.30. The molecule has 0 aliphatic carbocycles. The van der Waals surface area contributed by atoms with E-state index in [0.29, 0.717) is 63.0 Å². The van der Waals surface area contributed by atoms with Crippen LogP contribution in [0, 0.1) is 36.5 Å². The number of pyridine rings is 2. The van der Waals surface area contributed by atoms with Crippen LogP contribution in [0.4, 0.5) is 5.95 Å². The number of para-hydroxylation sites is 2. The number of hydrogen-bond acceptors (Lipinski definition) is 20. The second kappa shape index (κ2) is 22.0. The van der Waals surface area contributed by atoms with E-state index >= 15 is 0 Å². The number of nitriles is 2. The molecular formula is C47H45N11O12S2. The molecular weight excluding hydrogens is 975 g/mol. The lowest BCUT2D eigenvalue weighted by Gasteiger charge is -2.17. The molecule has 372 valence electrons. The van der Waals surface area contributed by atoms with Crippen LogP contribution in [0.25, 0.3) is 34.5 Å². The van der Waals surface area contributed by atoms with Gasteiger partial charge in [0.2, 0.25) is 27.6 Å². The minimum absolute atomic E-state index is 0.0711. The Kier molecular flexibility index (Phi) is 15.6. The van der Waals surface area contributed by atoms with Gasteiger partial charge in [0.25, 0.3) is 0 Å². The molecule has 8 rings (SSSR count). The second-order valence-electron chi connectivity index (χ2n) is 15.4. The molecule has 0 fully saturated rings. The lowest BCUT2D eigenvalue weighted by atomic mass is 10.2. The van der Waals surface area contributed by atoms with Crippen molar-refractivity contribution in [1.29, 1.82) is 10.5 Å². The Morgan fingerprint density at radius 2 is 1.06 bits per heavy atom. The van der Waals surface area contributed by atoms with Gasteiger partial charge in [0, 0.05) is 12.4 Å². The summed E-state index contributed by atoms with van der Waals surface area (Å²) in [6.07, 6.45) is -0.333. The monoisotopic (exact) mass is 1020 g/mol. The molecule has 8 aromatic rings. The molecule has 0 radical (unpaired) electrons. The zero-order valence-corrected chi connectivity index (χ0v) is 40.9. The number of ether oxygens (including phenoxy) is 4. The summed E-state index contributed by atoms with van der Waals surface area (Å²) in [5.74, 6) is 1.94. The number of methoxy groups -OCH3 is 4. The zero-order chi connectivity index (χ0) is 51.7. The summed E-state index contributed by atoms with van der Waals surface area (Å²) in [4.78, 5) is 7.94. The molecule has 3 N–H and O–H groups in total. The second-order valence-corrected chi connectivity index (χ2v) is 19.3. The van der Waals surface area contributed by atoms with E-state index in [1.165, 1.54) is 74.2 Å². The number of aromatic nitrogens is 8. The van der Waals surface area contributed by atoms with Crippen LogP contribution < -0.4 is 23.7 Å². The van der Waals surface area contributed by atoms with E-state index in [0.717, 1.165) is 0 Å². The SMILES string of the molecule is COc1cccc(OC)c1-n1c(CS(=O)(=O)C[C@H](O)c2ccc(C#N)cn2)nnc1-c1ccc(C)o1.COc1cccc(OC)c1-n1c(NS(=O)(=O)C[C@@H](O)c2ccc(C#N)cn2)nnc1-c1ccc(C)o1. The number of sulfone groups is 1. The van der Waals surface area contributed by atoms with Crippen LogP contribution in [0.3, 0.4) is 0 Å². The van der Waals surface area contributed by atoms with E-state index in [1.54, 1.807) is 74.5 Å².